The van der Waals surface area contributed by atoms with E-state index < -0.39 is 0 Å². The van der Waals surface area contributed by atoms with Crippen LogP contribution in [0, 0.1) is 0 Å². The molecule has 0 fully saturated rings. The molecule has 0 saturated carbocycles. The summed E-state index contributed by atoms with van der Waals surface area (Å²) < 4.78 is 0. The number of ketones is 1. The van der Waals surface area contributed by atoms with Gasteiger partial charge in [-0.2, -0.15) is 0 Å². The molecule has 17 heavy (non-hydrogen) atoms. The van der Waals surface area contributed by atoms with Crippen molar-refractivity contribution >= 4 is 11.5 Å². The zero-order valence-electron chi connectivity index (χ0n) is 10.8. The van der Waals surface area contributed by atoms with Crippen LogP contribution in [0.25, 0.3) is 0 Å². The van der Waals surface area contributed by atoms with E-state index in [1.807, 2.05) is 38.2 Å². The predicted molar refractivity (Wildman–Crippen MR) is 70.6 cm³/mol. The van der Waals surface area contributed by atoms with E-state index in [1.54, 1.807) is 6.92 Å². The van der Waals surface area contributed by atoms with Gasteiger partial charge in [-0.15, -0.1) is 0 Å². The van der Waals surface area contributed by atoms with Gasteiger partial charge in [0.1, 0.15) is 0 Å². The first-order chi connectivity index (χ1) is 8.04. The van der Waals surface area contributed by atoms with Gasteiger partial charge in [0.05, 0.1) is 6.10 Å². The SMILES string of the molecule is CCC(=O)c1ccc(N(C)CCC(C)O)cc1. The standard InChI is InChI=1S/C14H21NO2/c1-4-14(17)12-5-7-13(8-6-12)15(3)10-9-11(2)16/h5-8,11,16H,4,9-10H2,1-3H3. The second-order valence-electron chi connectivity index (χ2n) is 4.38. The van der Waals surface area contributed by atoms with Crippen molar-refractivity contribution in [3.63, 3.8) is 0 Å². The zero-order chi connectivity index (χ0) is 12.8. The van der Waals surface area contributed by atoms with Crippen LogP contribution in [0.3, 0.4) is 0 Å². The van der Waals surface area contributed by atoms with Crippen LogP contribution in [0.4, 0.5) is 5.69 Å². The Kier molecular flexibility index (Phi) is 5.16. The van der Waals surface area contributed by atoms with Gasteiger partial charge in [0.15, 0.2) is 5.78 Å². The van der Waals surface area contributed by atoms with Gasteiger partial charge in [-0.1, -0.05) is 6.92 Å². The maximum atomic E-state index is 11.5. The van der Waals surface area contributed by atoms with Crippen molar-refractivity contribution in [2.45, 2.75) is 32.8 Å². The Bertz CT molecular complexity index is 357. The maximum Gasteiger partial charge on any atom is 0.162 e. The monoisotopic (exact) mass is 235 g/mol. The summed E-state index contributed by atoms with van der Waals surface area (Å²) in [6.45, 7) is 4.46. The van der Waals surface area contributed by atoms with E-state index in [0.29, 0.717) is 6.42 Å². The molecular weight excluding hydrogens is 214 g/mol. The highest BCUT2D eigenvalue weighted by atomic mass is 16.3. The number of aliphatic hydroxyl groups excluding tert-OH is 1. The summed E-state index contributed by atoms with van der Waals surface area (Å²) in [5.41, 5.74) is 1.83. The van der Waals surface area contributed by atoms with Gasteiger partial charge in [0.2, 0.25) is 0 Å². The molecule has 1 rings (SSSR count). The highest BCUT2D eigenvalue weighted by Gasteiger charge is 2.05. The predicted octanol–water partition coefficient (Wildman–Crippen LogP) is 2.49. The lowest BCUT2D eigenvalue weighted by Crippen LogP contribution is -2.21. The first kappa shape index (κ1) is 13.7. The third kappa shape index (κ3) is 4.19. The third-order valence-corrected chi connectivity index (χ3v) is 2.83. The molecule has 0 heterocycles. The lowest BCUT2D eigenvalue weighted by molar-refractivity contribution is 0.0988. The third-order valence-electron chi connectivity index (χ3n) is 2.83. The van der Waals surface area contributed by atoms with E-state index in [0.717, 1.165) is 24.2 Å². The molecule has 1 N–H and O–H groups in total. The average Bonchev–Trinajstić information content (AvgIpc) is 2.35. The number of nitrogens with zero attached hydrogens (tertiary/aromatic N) is 1. The Balaban J connectivity index is 2.63. The molecule has 0 radical (unpaired) electrons. The summed E-state index contributed by atoms with van der Waals surface area (Å²) in [5, 5.41) is 9.23. The smallest absolute Gasteiger partial charge is 0.162 e. The van der Waals surface area contributed by atoms with Crippen molar-refractivity contribution in [2.24, 2.45) is 0 Å². The van der Waals surface area contributed by atoms with Crippen LogP contribution in [0.2, 0.25) is 0 Å². The highest BCUT2D eigenvalue weighted by molar-refractivity contribution is 5.96. The Morgan fingerprint density at radius 2 is 1.94 bits per heavy atom. The van der Waals surface area contributed by atoms with E-state index in [2.05, 4.69) is 4.90 Å². The van der Waals surface area contributed by atoms with Crippen LogP contribution in [0.15, 0.2) is 24.3 Å². The molecule has 0 aromatic heterocycles. The first-order valence-electron chi connectivity index (χ1n) is 6.07. The number of rotatable bonds is 6. The molecule has 1 aromatic carbocycles. The fourth-order valence-electron chi connectivity index (χ4n) is 1.62. The fourth-order valence-corrected chi connectivity index (χ4v) is 1.62. The van der Waals surface area contributed by atoms with Crippen LogP contribution in [0.1, 0.15) is 37.0 Å². The molecule has 0 aliphatic heterocycles. The largest absolute Gasteiger partial charge is 0.393 e. The lowest BCUT2D eigenvalue weighted by atomic mass is 10.1. The quantitative estimate of drug-likeness (QED) is 0.770. The van der Waals surface area contributed by atoms with Crippen LogP contribution in [-0.4, -0.2) is 30.6 Å². The van der Waals surface area contributed by atoms with Gasteiger partial charge in [-0.3, -0.25) is 4.79 Å². The Labute approximate surface area is 103 Å². The molecule has 0 saturated heterocycles. The van der Waals surface area contributed by atoms with Gasteiger partial charge in [-0.25, -0.2) is 0 Å². The summed E-state index contributed by atoms with van der Waals surface area (Å²) in [4.78, 5) is 13.5. The molecule has 0 bridgehead atoms. The Hall–Kier alpha value is -1.35. The van der Waals surface area contributed by atoms with Crippen LogP contribution in [-0.2, 0) is 0 Å². The minimum absolute atomic E-state index is 0.170. The molecule has 0 aliphatic carbocycles. The molecule has 0 spiro atoms. The summed E-state index contributed by atoms with van der Waals surface area (Å²) in [7, 11) is 1.99. The van der Waals surface area contributed by atoms with Gasteiger partial charge < -0.3 is 10.0 Å². The van der Waals surface area contributed by atoms with Crippen LogP contribution >= 0.6 is 0 Å². The Morgan fingerprint density at radius 1 is 1.35 bits per heavy atom. The molecule has 94 valence electrons. The van der Waals surface area contributed by atoms with E-state index in [-0.39, 0.29) is 11.9 Å². The van der Waals surface area contributed by atoms with Crippen molar-refractivity contribution < 1.29 is 9.90 Å². The van der Waals surface area contributed by atoms with E-state index in [1.165, 1.54) is 0 Å². The van der Waals surface area contributed by atoms with Crippen molar-refractivity contribution in [3.8, 4) is 0 Å². The summed E-state index contributed by atoms with van der Waals surface area (Å²) in [6, 6.07) is 7.62. The first-order valence-corrected chi connectivity index (χ1v) is 6.07. The van der Waals surface area contributed by atoms with Gasteiger partial charge in [-0.05, 0) is 37.6 Å². The molecule has 3 nitrogen and oxygen atoms in total. The van der Waals surface area contributed by atoms with E-state index >= 15 is 0 Å². The lowest BCUT2D eigenvalue weighted by Gasteiger charge is -2.20. The number of carbonyl (C=O) groups excluding carboxylic acids is 1. The van der Waals surface area contributed by atoms with E-state index in [4.69, 9.17) is 0 Å². The van der Waals surface area contributed by atoms with Crippen molar-refractivity contribution in [1.29, 1.82) is 0 Å². The van der Waals surface area contributed by atoms with Gasteiger partial charge in [0, 0.05) is 31.3 Å². The van der Waals surface area contributed by atoms with Crippen LogP contribution in [0.5, 0.6) is 0 Å². The molecule has 3 heteroatoms. The molecule has 1 unspecified atom stereocenters. The number of Topliss-reactive ketones (excluding diaryl/α,β-unsaturated/α-hetero) is 1. The zero-order valence-corrected chi connectivity index (χ0v) is 10.8. The normalized spacial score (nSPS) is 12.2. The molecule has 0 aliphatic rings. The van der Waals surface area contributed by atoms with Gasteiger partial charge >= 0.3 is 0 Å². The number of hydrogen-bond donors (Lipinski definition) is 1. The average molecular weight is 235 g/mol. The second kappa shape index (κ2) is 6.40. The number of aliphatic hydroxyl groups is 1. The van der Waals surface area contributed by atoms with Gasteiger partial charge in [0.25, 0.3) is 0 Å². The minimum atomic E-state index is -0.279. The fraction of sp³-hybridized carbons (Fsp3) is 0.500. The summed E-state index contributed by atoms with van der Waals surface area (Å²) >= 11 is 0. The van der Waals surface area contributed by atoms with Crippen molar-refractivity contribution in [2.75, 3.05) is 18.5 Å². The summed E-state index contributed by atoms with van der Waals surface area (Å²) in [6.07, 6.45) is 1.00. The van der Waals surface area contributed by atoms with Crippen molar-refractivity contribution in [3.05, 3.63) is 29.8 Å². The van der Waals surface area contributed by atoms with E-state index in [9.17, 15) is 9.90 Å². The minimum Gasteiger partial charge on any atom is -0.393 e. The number of anilines is 1. The highest BCUT2D eigenvalue weighted by Crippen LogP contribution is 2.15. The molecule has 1 aromatic rings. The number of benzene rings is 1. The summed E-state index contributed by atoms with van der Waals surface area (Å²) in [5.74, 6) is 0.170. The molecule has 1 atom stereocenters. The topological polar surface area (TPSA) is 40.5 Å². The maximum absolute atomic E-state index is 11.5. The molecular formula is C14H21NO2. The molecule has 0 amide bonds. The number of carbonyl (C=O) groups is 1. The van der Waals surface area contributed by atoms with Crippen LogP contribution < -0.4 is 4.90 Å². The van der Waals surface area contributed by atoms with Crippen molar-refractivity contribution in [1.82, 2.24) is 0 Å². The second-order valence-corrected chi connectivity index (χ2v) is 4.38. The Morgan fingerprint density at radius 3 is 2.41 bits per heavy atom. The number of hydrogen-bond acceptors (Lipinski definition) is 3.